The van der Waals surface area contributed by atoms with Crippen LogP contribution in [-0.2, 0) is 0 Å². The van der Waals surface area contributed by atoms with Crippen LogP contribution in [-0.4, -0.2) is 58.9 Å². The number of amides is 1. The van der Waals surface area contributed by atoms with E-state index in [1.165, 1.54) is 6.20 Å². The molecule has 4 rings (SSSR count). The lowest BCUT2D eigenvalue weighted by atomic mass is 10.1. The second kappa shape index (κ2) is 8.88. The highest BCUT2D eigenvalue weighted by molar-refractivity contribution is 5.94. The van der Waals surface area contributed by atoms with Crippen molar-refractivity contribution < 1.29 is 4.79 Å². The number of carbonyl (C=O) groups is 1. The molecule has 0 aliphatic carbocycles. The Hall–Kier alpha value is -3.85. The van der Waals surface area contributed by atoms with E-state index in [0.29, 0.717) is 11.2 Å². The minimum atomic E-state index is -0.372. The third-order valence-electron chi connectivity index (χ3n) is 5.31. The van der Waals surface area contributed by atoms with Gasteiger partial charge in [-0.05, 0) is 49.5 Å². The predicted octanol–water partition coefficient (Wildman–Crippen LogP) is 2.75. The van der Waals surface area contributed by atoms with Crippen LogP contribution >= 0.6 is 0 Å². The van der Waals surface area contributed by atoms with Gasteiger partial charge in [-0.15, -0.1) is 0 Å². The molecule has 3 N–H and O–H groups in total. The number of benzene rings is 1. The average Bonchev–Trinajstić information content (AvgIpc) is 2.80. The summed E-state index contributed by atoms with van der Waals surface area (Å²) in [5, 5.41) is 7.29. The van der Waals surface area contributed by atoms with Gasteiger partial charge in [0, 0.05) is 55.2 Å². The number of aromatic amines is 1. The van der Waals surface area contributed by atoms with Crippen LogP contribution in [0.15, 0.2) is 64.8 Å². The van der Waals surface area contributed by atoms with Crippen molar-refractivity contribution in [1.29, 1.82) is 5.53 Å². The van der Waals surface area contributed by atoms with Gasteiger partial charge >= 0.3 is 0 Å². The first-order valence-corrected chi connectivity index (χ1v) is 9.95. The van der Waals surface area contributed by atoms with Crippen molar-refractivity contribution in [3.8, 4) is 0 Å². The van der Waals surface area contributed by atoms with E-state index >= 15 is 0 Å². The Labute approximate surface area is 178 Å². The molecule has 31 heavy (non-hydrogen) atoms. The molecule has 0 spiro atoms. The van der Waals surface area contributed by atoms with Crippen molar-refractivity contribution >= 4 is 28.3 Å². The van der Waals surface area contributed by atoms with E-state index < -0.39 is 0 Å². The molecular weight excluding hydrogens is 394 g/mol. The molecule has 3 heterocycles. The quantitative estimate of drug-likeness (QED) is 0.552. The standard InChI is InChI=1S/C22H23N7O2/c1-28-9-11-29(12-10-28)22(31)15-4-6-17(7-5-15)25-14-19(27-23)18-13-16-3-2-8-24-20(16)26-21(18)30/h2-8,13-14,23,25H,9-12H2,1H3,(H,24,26,30)/b19-14-,27-23?. The van der Waals surface area contributed by atoms with Gasteiger partial charge < -0.3 is 20.1 Å². The first-order chi connectivity index (χ1) is 15.0. The highest BCUT2D eigenvalue weighted by atomic mass is 16.2. The summed E-state index contributed by atoms with van der Waals surface area (Å²) in [6.45, 7) is 3.20. The first-order valence-electron chi connectivity index (χ1n) is 9.95. The number of piperazine rings is 1. The summed E-state index contributed by atoms with van der Waals surface area (Å²) in [7, 11) is 2.05. The van der Waals surface area contributed by atoms with E-state index in [9.17, 15) is 9.59 Å². The van der Waals surface area contributed by atoms with E-state index in [-0.39, 0.29) is 22.7 Å². The Kier molecular flexibility index (Phi) is 5.85. The van der Waals surface area contributed by atoms with Crippen molar-refractivity contribution in [2.45, 2.75) is 0 Å². The number of pyridine rings is 2. The van der Waals surface area contributed by atoms with Crippen LogP contribution in [0.4, 0.5) is 5.69 Å². The van der Waals surface area contributed by atoms with Crippen LogP contribution in [0.3, 0.4) is 0 Å². The number of fused-ring (bicyclic) bond motifs is 1. The Bertz CT molecular complexity index is 1190. The van der Waals surface area contributed by atoms with Crippen LogP contribution < -0.4 is 10.9 Å². The van der Waals surface area contributed by atoms with Crippen molar-refractivity contribution in [1.82, 2.24) is 19.8 Å². The molecule has 1 saturated heterocycles. The summed E-state index contributed by atoms with van der Waals surface area (Å²) in [6, 6.07) is 12.4. The summed E-state index contributed by atoms with van der Waals surface area (Å²) in [4.78, 5) is 35.9. The maximum atomic E-state index is 12.7. The molecule has 0 saturated carbocycles. The molecule has 1 aliphatic heterocycles. The fourth-order valence-electron chi connectivity index (χ4n) is 3.45. The van der Waals surface area contributed by atoms with Gasteiger partial charge in [-0.1, -0.05) is 0 Å². The number of aromatic nitrogens is 2. The number of nitrogens with one attached hydrogen (secondary N) is 3. The molecule has 0 atom stereocenters. The Morgan fingerprint density at radius 3 is 2.65 bits per heavy atom. The molecule has 1 amide bonds. The Morgan fingerprint density at radius 1 is 1.19 bits per heavy atom. The number of nitrogens with zero attached hydrogens (tertiary/aromatic N) is 4. The fraction of sp³-hybridized carbons (Fsp3) is 0.227. The normalized spacial score (nSPS) is 15.1. The van der Waals surface area contributed by atoms with E-state index in [0.717, 1.165) is 37.3 Å². The zero-order valence-electron chi connectivity index (χ0n) is 17.1. The van der Waals surface area contributed by atoms with Gasteiger partial charge in [-0.25, -0.2) is 10.5 Å². The van der Waals surface area contributed by atoms with Crippen molar-refractivity contribution in [2.24, 2.45) is 5.11 Å². The molecule has 9 heteroatoms. The molecule has 0 bridgehead atoms. The van der Waals surface area contributed by atoms with Gasteiger partial charge in [-0.3, -0.25) is 9.59 Å². The molecule has 0 radical (unpaired) electrons. The number of likely N-dealkylation sites (N-methyl/N-ethyl adjacent to an activating group) is 1. The van der Waals surface area contributed by atoms with E-state index in [2.05, 4.69) is 32.3 Å². The minimum absolute atomic E-state index is 0.0216. The predicted molar refractivity (Wildman–Crippen MR) is 119 cm³/mol. The van der Waals surface area contributed by atoms with Gasteiger partial charge in [0.2, 0.25) is 0 Å². The highest BCUT2D eigenvalue weighted by Gasteiger charge is 2.20. The summed E-state index contributed by atoms with van der Waals surface area (Å²) < 4.78 is 0. The maximum absolute atomic E-state index is 12.7. The minimum Gasteiger partial charge on any atom is -0.360 e. The van der Waals surface area contributed by atoms with Crippen LogP contribution in [0.25, 0.3) is 16.7 Å². The molecule has 1 aliphatic rings. The zero-order chi connectivity index (χ0) is 21.8. The van der Waals surface area contributed by atoms with Gasteiger partial charge in [0.05, 0.1) is 5.56 Å². The molecule has 0 unspecified atom stereocenters. The van der Waals surface area contributed by atoms with E-state index in [1.54, 1.807) is 42.6 Å². The molecular formula is C22H23N7O2. The zero-order valence-corrected chi connectivity index (χ0v) is 17.1. The number of hydrogen-bond donors (Lipinski definition) is 3. The maximum Gasteiger partial charge on any atom is 0.259 e. The average molecular weight is 417 g/mol. The molecule has 1 aromatic carbocycles. The van der Waals surface area contributed by atoms with Gasteiger partial charge in [0.15, 0.2) is 0 Å². The summed E-state index contributed by atoms with van der Waals surface area (Å²) in [5.41, 5.74) is 9.39. The fourth-order valence-corrected chi connectivity index (χ4v) is 3.45. The Morgan fingerprint density at radius 2 is 1.94 bits per heavy atom. The molecule has 2 aromatic heterocycles. The monoisotopic (exact) mass is 417 g/mol. The second-order valence-electron chi connectivity index (χ2n) is 7.41. The molecule has 158 valence electrons. The third kappa shape index (κ3) is 4.51. The lowest BCUT2D eigenvalue weighted by Gasteiger charge is -2.32. The molecule has 3 aromatic rings. The van der Waals surface area contributed by atoms with Gasteiger partial charge in [0.25, 0.3) is 11.5 Å². The smallest absolute Gasteiger partial charge is 0.259 e. The molecule has 1 fully saturated rings. The third-order valence-corrected chi connectivity index (χ3v) is 5.31. The van der Waals surface area contributed by atoms with Crippen LogP contribution in [0.1, 0.15) is 15.9 Å². The van der Waals surface area contributed by atoms with Gasteiger partial charge in [-0.2, -0.15) is 5.11 Å². The van der Waals surface area contributed by atoms with Gasteiger partial charge in [0.1, 0.15) is 11.3 Å². The summed E-state index contributed by atoms with van der Waals surface area (Å²) in [6.07, 6.45) is 3.10. The number of hydrogen-bond acceptors (Lipinski definition) is 7. The second-order valence-corrected chi connectivity index (χ2v) is 7.41. The van der Waals surface area contributed by atoms with Crippen molar-refractivity contribution in [3.63, 3.8) is 0 Å². The summed E-state index contributed by atoms with van der Waals surface area (Å²) in [5.74, 6) is 0.0216. The lowest BCUT2D eigenvalue weighted by Crippen LogP contribution is -2.47. The number of rotatable bonds is 5. The number of anilines is 1. The van der Waals surface area contributed by atoms with Crippen molar-refractivity contribution in [3.05, 3.63) is 76.3 Å². The topological polar surface area (TPSA) is 118 Å². The van der Waals surface area contributed by atoms with Crippen LogP contribution in [0, 0.1) is 5.53 Å². The first kappa shape index (κ1) is 20.4. The Balaban J connectivity index is 1.50. The largest absolute Gasteiger partial charge is 0.360 e. The van der Waals surface area contributed by atoms with Crippen LogP contribution in [0.2, 0.25) is 0 Å². The number of carbonyl (C=O) groups excluding carboxylic acids is 1. The van der Waals surface area contributed by atoms with Crippen LogP contribution in [0.5, 0.6) is 0 Å². The van der Waals surface area contributed by atoms with Crippen molar-refractivity contribution in [2.75, 3.05) is 38.5 Å². The lowest BCUT2D eigenvalue weighted by molar-refractivity contribution is 0.0664. The molecule has 9 nitrogen and oxygen atoms in total. The number of H-pyrrole nitrogens is 1. The SMILES string of the molecule is CN1CCN(C(=O)c2ccc(N/C=C(\N=N)c3cc4cccnc4[nH]c3=O)cc2)CC1. The highest BCUT2D eigenvalue weighted by Crippen LogP contribution is 2.18. The summed E-state index contributed by atoms with van der Waals surface area (Å²) >= 11 is 0. The van der Waals surface area contributed by atoms with E-state index in [4.69, 9.17) is 5.53 Å². The van der Waals surface area contributed by atoms with E-state index in [1.807, 2.05) is 11.0 Å².